The van der Waals surface area contributed by atoms with Gasteiger partial charge in [-0.25, -0.2) is 9.97 Å². The Hall–Kier alpha value is -3.19. The van der Waals surface area contributed by atoms with E-state index in [1.807, 2.05) is 18.2 Å². The third-order valence-electron chi connectivity index (χ3n) is 3.70. The van der Waals surface area contributed by atoms with Crippen LogP contribution in [0.3, 0.4) is 0 Å². The van der Waals surface area contributed by atoms with Gasteiger partial charge in [0.05, 0.1) is 12.0 Å². The number of halogens is 1. The van der Waals surface area contributed by atoms with E-state index in [-0.39, 0.29) is 17.3 Å². The summed E-state index contributed by atoms with van der Waals surface area (Å²) in [6.07, 6.45) is 2.85. The summed E-state index contributed by atoms with van der Waals surface area (Å²) in [5.74, 6) is -0.422. The Kier molecular flexibility index (Phi) is 3.70. The average molecular weight is 355 g/mol. The quantitative estimate of drug-likeness (QED) is 0.571. The number of para-hydroxylation sites is 1. The van der Waals surface area contributed by atoms with Crippen molar-refractivity contribution in [2.24, 2.45) is 0 Å². The molecule has 0 aliphatic heterocycles. The first kappa shape index (κ1) is 15.3. The number of aromatic nitrogens is 3. The first-order valence-corrected chi connectivity index (χ1v) is 7.78. The standard InChI is InChI=1S/C17H11ClN4O3/c18-16-11(5-3-7-19-16)21-13(23)8-22-9-20-14-10-4-1-2-6-12(10)25-15(14)17(22)24/h1-7,9H,8H2,(H,21,23). The maximum Gasteiger partial charge on any atom is 0.297 e. The number of rotatable bonds is 3. The zero-order chi connectivity index (χ0) is 17.4. The molecule has 0 radical (unpaired) electrons. The molecule has 1 aromatic carbocycles. The molecule has 4 rings (SSSR count). The number of pyridine rings is 1. The minimum absolute atomic E-state index is 0.121. The number of carbonyl (C=O) groups excluding carboxylic acids is 1. The molecule has 0 bridgehead atoms. The number of amides is 1. The summed E-state index contributed by atoms with van der Waals surface area (Å²) < 4.78 is 6.77. The summed E-state index contributed by atoms with van der Waals surface area (Å²) in [6, 6.07) is 10.5. The van der Waals surface area contributed by atoms with Crippen molar-refractivity contribution in [2.45, 2.75) is 6.54 Å². The molecule has 4 aromatic rings. The van der Waals surface area contributed by atoms with Gasteiger partial charge < -0.3 is 9.73 Å². The van der Waals surface area contributed by atoms with Crippen LogP contribution in [0.4, 0.5) is 5.69 Å². The number of hydrogen-bond donors (Lipinski definition) is 1. The Morgan fingerprint density at radius 2 is 2.04 bits per heavy atom. The zero-order valence-electron chi connectivity index (χ0n) is 12.8. The molecule has 3 heterocycles. The van der Waals surface area contributed by atoms with Crippen LogP contribution in [-0.4, -0.2) is 20.4 Å². The van der Waals surface area contributed by atoms with E-state index in [0.717, 1.165) is 5.39 Å². The number of carbonyl (C=O) groups is 1. The van der Waals surface area contributed by atoms with Gasteiger partial charge in [0.15, 0.2) is 5.15 Å². The molecule has 7 nitrogen and oxygen atoms in total. The Morgan fingerprint density at radius 1 is 1.20 bits per heavy atom. The number of fused-ring (bicyclic) bond motifs is 3. The minimum atomic E-state index is -0.423. The summed E-state index contributed by atoms with van der Waals surface area (Å²) in [6.45, 7) is -0.218. The van der Waals surface area contributed by atoms with Gasteiger partial charge in [-0.05, 0) is 24.3 Å². The van der Waals surface area contributed by atoms with Crippen molar-refractivity contribution < 1.29 is 9.21 Å². The van der Waals surface area contributed by atoms with Crippen LogP contribution in [0.25, 0.3) is 22.1 Å². The number of hydrogen-bond acceptors (Lipinski definition) is 5. The molecule has 0 aliphatic rings. The fourth-order valence-corrected chi connectivity index (χ4v) is 2.72. The van der Waals surface area contributed by atoms with Crippen LogP contribution in [0.2, 0.25) is 5.15 Å². The number of nitrogens with zero attached hydrogens (tertiary/aromatic N) is 3. The lowest BCUT2D eigenvalue weighted by molar-refractivity contribution is -0.116. The Bertz CT molecular complexity index is 1170. The molecule has 3 aromatic heterocycles. The highest BCUT2D eigenvalue weighted by atomic mass is 35.5. The number of nitrogens with one attached hydrogen (secondary N) is 1. The SMILES string of the molecule is O=C(Cn1cnc2c(oc3ccccc32)c1=O)Nc1cccnc1Cl. The molecule has 0 spiro atoms. The van der Waals surface area contributed by atoms with E-state index >= 15 is 0 Å². The van der Waals surface area contributed by atoms with Crippen LogP contribution in [0.5, 0.6) is 0 Å². The van der Waals surface area contributed by atoms with Gasteiger partial charge in [0.2, 0.25) is 11.5 Å². The fraction of sp³-hybridized carbons (Fsp3) is 0.0588. The minimum Gasteiger partial charge on any atom is -0.448 e. The summed E-state index contributed by atoms with van der Waals surface area (Å²) in [7, 11) is 0. The lowest BCUT2D eigenvalue weighted by Gasteiger charge is -2.07. The average Bonchev–Trinajstić information content (AvgIpc) is 2.99. The van der Waals surface area contributed by atoms with Gasteiger partial charge in [-0.1, -0.05) is 23.7 Å². The van der Waals surface area contributed by atoms with Crippen molar-refractivity contribution in [3.63, 3.8) is 0 Å². The Labute approximate surface area is 145 Å². The largest absolute Gasteiger partial charge is 0.448 e. The molecule has 0 saturated carbocycles. The second-order valence-electron chi connectivity index (χ2n) is 5.34. The molecular weight excluding hydrogens is 344 g/mol. The van der Waals surface area contributed by atoms with Gasteiger partial charge in [-0.2, -0.15) is 0 Å². The first-order valence-electron chi connectivity index (χ1n) is 7.40. The summed E-state index contributed by atoms with van der Waals surface area (Å²) >= 11 is 5.90. The van der Waals surface area contributed by atoms with Crippen LogP contribution >= 0.6 is 11.6 Å². The Balaban J connectivity index is 1.67. The summed E-state index contributed by atoms with van der Waals surface area (Å²) in [5, 5.41) is 3.54. The molecule has 1 N–H and O–H groups in total. The molecule has 25 heavy (non-hydrogen) atoms. The zero-order valence-corrected chi connectivity index (χ0v) is 13.5. The smallest absolute Gasteiger partial charge is 0.297 e. The van der Waals surface area contributed by atoms with E-state index in [4.69, 9.17) is 16.0 Å². The van der Waals surface area contributed by atoms with Crippen LogP contribution in [-0.2, 0) is 11.3 Å². The van der Waals surface area contributed by atoms with Crippen molar-refractivity contribution in [1.82, 2.24) is 14.5 Å². The predicted octanol–water partition coefficient (Wildman–Crippen LogP) is 2.83. The third-order valence-corrected chi connectivity index (χ3v) is 4.00. The summed E-state index contributed by atoms with van der Waals surface area (Å²) in [5.41, 5.74) is 1.13. The van der Waals surface area contributed by atoms with E-state index in [9.17, 15) is 9.59 Å². The normalized spacial score (nSPS) is 11.1. The van der Waals surface area contributed by atoms with Crippen molar-refractivity contribution in [2.75, 3.05) is 5.32 Å². The van der Waals surface area contributed by atoms with Gasteiger partial charge in [-0.15, -0.1) is 0 Å². The molecule has 8 heteroatoms. The lowest BCUT2D eigenvalue weighted by Crippen LogP contribution is -2.27. The van der Waals surface area contributed by atoms with Crippen LogP contribution < -0.4 is 10.9 Å². The van der Waals surface area contributed by atoms with Gasteiger partial charge in [0.25, 0.3) is 5.56 Å². The van der Waals surface area contributed by atoms with E-state index in [0.29, 0.717) is 16.8 Å². The van der Waals surface area contributed by atoms with Crippen molar-refractivity contribution in [3.8, 4) is 0 Å². The highest BCUT2D eigenvalue weighted by molar-refractivity contribution is 6.32. The van der Waals surface area contributed by atoms with Gasteiger partial charge >= 0.3 is 0 Å². The summed E-state index contributed by atoms with van der Waals surface area (Å²) in [4.78, 5) is 32.9. The van der Waals surface area contributed by atoms with E-state index in [1.54, 1.807) is 18.2 Å². The molecular formula is C17H11ClN4O3. The van der Waals surface area contributed by atoms with Crippen molar-refractivity contribution in [3.05, 3.63) is 64.4 Å². The molecule has 0 fully saturated rings. The second-order valence-corrected chi connectivity index (χ2v) is 5.70. The van der Waals surface area contributed by atoms with Gasteiger partial charge in [-0.3, -0.25) is 14.2 Å². The predicted molar refractivity (Wildman–Crippen MR) is 93.7 cm³/mol. The number of furan rings is 1. The topological polar surface area (TPSA) is 90.0 Å². The Morgan fingerprint density at radius 3 is 2.88 bits per heavy atom. The van der Waals surface area contributed by atoms with E-state index < -0.39 is 11.5 Å². The van der Waals surface area contributed by atoms with Crippen molar-refractivity contribution >= 4 is 45.3 Å². The highest BCUT2D eigenvalue weighted by Crippen LogP contribution is 2.24. The maximum absolute atomic E-state index is 12.6. The molecule has 0 unspecified atom stereocenters. The third kappa shape index (κ3) is 2.74. The van der Waals surface area contributed by atoms with Crippen LogP contribution in [0, 0.1) is 0 Å². The molecule has 0 aliphatic carbocycles. The molecule has 1 amide bonds. The molecule has 0 atom stereocenters. The lowest BCUT2D eigenvalue weighted by atomic mass is 10.2. The van der Waals surface area contributed by atoms with Crippen molar-refractivity contribution in [1.29, 1.82) is 0 Å². The fourth-order valence-electron chi connectivity index (χ4n) is 2.55. The number of benzene rings is 1. The number of anilines is 1. The van der Waals surface area contributed by atoms with Gasteiger partial charge in [0, 0.05) is 11.6 Å². The van der Waals surface area contributed by atoms with E-state index in [1.165, 1.54) is 17.1 Å². The first-order chi connectivity index (χ1) is 12.1. The van der Waals surface area contributed by atoms with E-state index in [2.05, 4.69) is 15.3 Å². The van der Waals surface area contributed by atoms with Crippen LogP contribution in [0.1, 0.15) is 0 Å². The highest BCUT2D eigenvalue weighted by Gasteiger charge is 2.15. The molecule has 124 valence electrons. The second kappa shape index (κ2) is 6.03. The van der Waals surface area contributed by atoms with Crippen LogP contribution in [0.15, 0.2) is 58.1 Å². The molecule has 0 saturated heterocycles. The monoisotopic (exact) mass is 354 g/mol. The van der Waals surface area contributed by atoms with Gasteiger partial charge in [0.1, 0.15) is 17.6 Å². The maximum atomic E-state index is 12.6.